The Morgan fingerprint density at radius 1 is 1.50 bits per heavy atom. The Hall–Kier alpha value is -1.91. The van der Waals surface area contributed by atoms with Crippen molar-refractivity contribution in [2.45, 2.75) is 32.8 Å². The smallest absolute Gasteiger partial charge is 0.407 e. The van der Waals surface area contributed by atoms with Crippen LogP contribution in [0.4, 0.5) is 10.5 Å². The van der Waals surface area contributed by atoms with Gasteiger partial charge in [-0.3, -0.25) is 0 Å². The number of hydrogen-bond donors (Lipinski definition) is 2. The van der Waals surface area contributed by atoms with Crippen LogP contribution in [0.5, 0.6) is 5.75 Å². The lowest BCUT2D eigenvalue weighted by Gasteiger charge is -2.26. The molecule has 1 aromatic carbocycles. The third-order valence-corrected chi connectivity index (χ3v) is 3.00. The summed E-state index contributed by atoms with van der Waals surface area (Å²) in [5.74, 6) is 1.12. The normalized spacial score (nSPS) is 17.9. The molecule has 0 aromatic heterocycles. The predicted molar refractivity (Wildman–Crippen MR) is 77.8 cm³/mol. The Bertz CT molecular complexity index is 494. The number of alkyl carbamates (subject to hydrolysis) is 1. The lowest BCUT2D eigenvalue weighted by molar-refractivity contribution is 0.0512. The Morgan fingerprint density at radius 3 is 2.95 bits per heavy atom. The summed E-state index contributed by atoms with van der Waals surface area (Å²) >= 11 is 0. The van der Waals surface area contributed by atoms with Crippen LogP contribution >= 0.6 is 0 Å². The van der Waals surface area contributed by atoms with E-state index in [1.54, 1.807) is 0 Å². The molecule has 110 valence electrons. The minimum Gasteiger partial charge on any atom is -0.493 e. The molecule has 0 bridgehead atoms. The zero-order chi connectivity index (χ0) is 14.8. The fourth-order valence-corrected chi connectivity index (χ4v) is 2.15. The molecular formula is C15H22N2O3. The van der Waals surface area contributed by atoms with E-state index in [2.05, 4.69) is 5.32 Å². The molecule has 0 saturated carbocycles. The molecule has 1 aromatic rings. The molecule has 1 amide bonds. The van der Waals surface area contributed by atoms with Gasteiger partial charge in [-0.25, -0.2) is 4.79 Å². The van der Waals surface area contributed by atoms with Crippen LogP contribution in [0.25, 0.3) is 0 Å². The summed E-state index contributed by atoms with van der Waals surface area (Å²) in [5.41, 5.74) is 7.12. The second-order valence-corrected chi connectivity index (χ2v) is 6.13. The first-order valence-corrected chi connectivity index (χ1v) is 6.81. The van der Waals surface area contributed by atoms with Crippen molar-refractivity contribution >= 4 is 11.8 Å². The third kappa shape index (κ3) is 4.05. The molecule has 0 saturated heterocycles. The summed E-state index contributed by atoms with van der Waals surface area (Å²) in [6, 6.07) is 5.65. The first-order chi connectivity index (χ1) is 9.33. The molecular weight excluding hydrogens is 256 g/mol. The quantitative estimate of drug-likeness (QED) is 0.814. The minimum atomic E-state index is -0.478. The van der Waals surface area contributed by atoms with Crippen molar-refractivity contribution in [1.29, 1.82) is 0 Å². The van der Waals surface area contributed by atoms with E-state index in [-0.39, 0.29) is 5.92 Å². The van der Waals surface area contributed by atoms with E-state index in [1.807, 2.05) is 39.0 Å². The van der Waals surface area contributed by atoms with Crippen molar-refractivity contribution in [3.63, 3.8) is 0 Å². The molecule has 5 heteroatoms. The molecule has 0 fully saturated rings. The summed E-state index contributed by atoms with van der Waals surface area (Å²) in [4.78, 5) is 11.6. The van der Waals surface area contributed by atoms with Gasteiger partial charge in [0.1, 0.15) is 11.4 Å². The standard InChI is InChI=1S/C15H22N2O3/c1-15(2,3)20-14(18)17-8-10-6-11-7-12(16)4-5-13(11)19-9-10/h4-5,7,10H,6,8-9,16H2,1-3H3,(H,17,18). The van der Waals surface area contributed by atoms with Crippen molar-refractivity contribution < 1.29 is 14.3 Å². The van der Waals surface area contributed by atoms with Crippen molar-refractivity contribution in [2.75, 3.05) is 18.9 Å². The SMILES string of the molecule is CC(C)(C)OC(=O)NCC1COc2ccc(N)cc2C1. The largest absolute Gasteiger partial charge is 0.493 e. The molecule has 1 unspecified atom stereocenters. The summed E-state index contributed by atoms with van der Waals surface area (Å²) in [7, 11) is 0. The monoisotopic (exact) mass is 278 g/mol. The number of carbonyl (C=O) groups excluding carboxylic acids is 1. The molecule has 1 aliphatic rings. The molecule has 5 nitrogen and oxygen atoms in total. The van der Waals surface area contributed by atoms with Gasteiger partial charge in [0, 0.05) is 18.2 Å². The lowest BCUT2D eigenvalue weighted by atomic mass is 9.96. The van der Waals surface area contributed by atoms with Gasteiger partial charge in [0.15, 0.2) is 0 Å². The van der Waals surface area contributed by atoms with E-state index in [4.69, 9.17) is 15.2 Å². The number of anilines is 1. The molecule has 2 rings (SSSR count). The first-order valence-electron chi connectivity index (χ1n) is 6.81. The number of nitrogen functional groups attached to an aromatic ring is 1. The highest BCUT2D eigenvalue weighted by molar-refractivity contribution is 5.67. The van der Waals surface area contributed by atoms with Gasteiger partial charge in [0.05, 0.1) is 6.61 Å². The van der Waals surface area contributed by atoms with Crippen LogP contribution in [-0.4, -0.2) is 24.8 Å². The number of rotatable bonds is 2. The van der Waals surface area contributed by atoms with E-state index in [9.17, 15) is 4.79 Å². The van der Waals surface area contributed by atoms with E-state index in [0.717, 1.165) is 23.4 Å². The third-order valence-electron chi connectivity index (χ3n) is 3.00. The first kappa shape index (κ1) is 14.5. The summed E-state index contributed by atoms with van der Waals surface area (Å²) in [6.07, 6.45) is 0.451. The minimum absolute atomic E-state index is 0.233. The highest BCUT2D eigenvalue weighted by Crippen LogP contribution is 2.28. The summed E-state index contributed by atoms with van der Waals surface area (Å²) in [6.45, 7) is 6.65. The van der Waals surface area contributed by atoms with Gasteiger partial charge in [-0.05, 0) is 51.0 Å². The molecule has 0 aliphatic carbocycles. The molecule has 1 aliphatic heterocycles. The number of nitrogens with one attached hydrogen (secondary N) is 1. The molecule has 0 spiro atoms. The van der Waals surface area contributed by atoms with E-state index in [1.165, 1.54) is 0 Å². The number of fused-ring (bicyclic) bond motifs is 1. The van der Waals surface area contributed by atoms with Crippen molar-refractivity contribution in [2.24, 2.45) is 5.92 Å². The van der Waals surface area contributed by atoms with E-state index in [0.29, 0.717) is 13.2 Å². The number of amides is 1. The fourth-order valence-electron chi connectivity index (χ4n) is 2.15. The van der Waals surface area contributed by atoms with Gasteiger partial charge < -0.3 is 20.5 Å². The number of carbonyl (C=O) groups is 1. The maximum Gasteiger partial charge on any atom is 0.407 e. The maximum absolute atomic E-state index is 11.6. The number of benzene rings is 1. The van der Waals surface area contributed by atoms with Crippen LogP contribution in [0.3, 0.4) is 0 Å². The molecule has 3 N–H and O–H groups in total. The Kier molecular flexibility index (Phi) is 4.06. The molecule has 20 heavy (non-hydrogen) atoms. The number of nitrogens with two attached hydrogens (primary N) is 1. The molecule has 1 atom stereocenters. The fraction of sp³-hybridized carbons (Fsp3) is 0.533. The highest BCUT2D eigenvalue weighted by Gasteiger charge is 2.22. The van der Waals surface area contributed by atoms with Crippen molar-refractivity contribution in [3.05, 3.63) is 23.8 Å². The van der Waals surface area contributed by atoms with Gasteiger partial charge in [-0.15, -0.1) is 0 Å². The van der Waals surface area contributed by atoms with Crippen LogP contribution < -0.4 is 15.8 Å². The van der Waals surface area contributed by atoms with Crippen LogP contribution in [-0.2, 0) is 11.2 Å². The van der Waals surface area contributed by atoms with Gasteiger partial charge in [-0.1, -0.05) is 0 Å². The van der Waals surface area contributed by atoms with E-state index < -0.39 is 11.7 Å². The number of ether oxygens (including phenoxy) is 2. The maximum atomic E-state index is 11.6. The van der Waals surface area contributed by atoms with Gasteiger partial charge in [-0.2, -0.15) is 0 Å². The van der Waals surface area contributed by atoms with Gasteiger partial charge in [0.2, 0.25) is 0 Å². The predicted octanol–water partition coefficient (Wildman–Crippen LogP) is 2.34. The van der Waals surface area contributed by atoms with Crippen LogP contribution in [0, 0.1) is 5.92 Å². The van der Waals surface area contributed by atoms with Crippen LogP contribution in [0.2, 0.25) is 0 Å². The second-order valence-electron chi connectivity index (χ2n) is 6.13. The average molecular weight is 278 g/mol. The van der Waals surface area contributed by atoms with Crippen LogP contribution in [0.1, 0.15) is 26.3 Å². The Labute approximate surface area is 119 Å². The molecule has 0 radical (unpaired) electrons. The van der Waals surface area contributed by atoms with Crippen LogP contribution in [0.15, 0.2) is 18.2 Å². The topological polar surface area (TPSA) is 73.6 Å². The summed E-state index contributed by atoms with van der Waals surface area (Å²) in [5, 5.41) is 2.78. The summed E-state index contributed by atoms with van der Waals surface area (Å²) < 4.78 is 10.9. The Morgan fingerprint density at radius 2 is 2.25 bits per heavy atom. The van der Waals surface area contributed by atoms with Gasteiger partial charge in [0.25, 0.3) is 0 Å². The highest BCUT2D eigenvalue weighted by atomic mass is 16.6. The zero-order valence-electron chi connectivity index (χ0n) is 12.2. The van der Waals surface area contributed by atoms with Crippen molar-refractivity contribution in [3.8, 4) is 5.75 Å². The van der Waals surface area contributed by atoms with Crippen molar-refractivity contribution in [1.82, 2.24) is 5.32 Å². The molecule has 1 heterocycles. The average Bonchev–Trinajstić information content (AvgIpc) is 2.33. The second kappa shape index (κ2) is 5.61. The number of hydrogen-bond acceptors (Lipinski definition) is 4. The van der Waals surface area contributed by atoms with E-state index >= 15 is 0 Å². The lowest BCUT2D eigenvalue weighted by Crippen LogP contribution is -2.38. The zero-order valence-corrected chi connectivity index (χ0v) is 12.2. The van der Waals surface area contributed by atoms with Gasteiger partial charge >= 0.3 is 6.09 Å². The Balaban J connectivity index is 1.86.